The number of nitrogens with one attached hydrogen (secondary N) is 1. The summed E-state index contributed by atoms with van der Waals surface area (Å²) < 4.78 is 29.2. The standard InChI is InChI=1S/C13H12ClN3O2S2/c1-8-3-4-10(9(2)7-8)16-21(18,19)12-11(14)15-13-17(12)5-6-20-13/h3-7,16H,1-2H3. The highest BCUT2D eigenvalue weighted by Gasteiger charge is 2.25. The quantitative estimate of drug-likeness (QED) is 0.793. The number of benzene rings is 1. The maximum Gasteiger partial charge on any atom is 0.281 e. The summed E-state index contributed by atoms with van der Waals surface area (Å²) in [4.78, 5) is 4.59. The van der Waals surface area contributed by atoms with Gasteiger partial charge >= 0.3 is 0 Å². The Balaban J connectivity index is 2.08. The molecule has 0 saturated carbocycles. The zero-order valence-corrected chi connectivity index (χ0v) is 13.7. The summed E-state index contributed by atoms with van der Waals surface area (Å²) in [5.74, 6) is 0. The van der Waals surface area contributed by atoms with Crippen LogP contribution in [0.5, 0.6) is 0 Å². The summed E-state index contributed by atoms with van der Waals surface area (Å²) in [5.41, 5.74) is 2.45. The van der Waals surface area contributed by atoms with E-state index >= 15 is 0 Å². The number of imidazole rings is 1. The molecule has 21 heavy (non-hydrogen) atoms. The molecule has 0 unspecified atom stereocenters. The molecule has 0 fully saturated rings. The van der Waals surface area contributed by atoms with Gasteiger partial charge in [0.2, 0.25) is 0 Å². The number of thiazole rings is 1. The predicted molar refractivity (Wildman–Crippen MR) is 84.8 cm³/mol. The Labute approximate surface area is 131 Å². The molecule has 2 heterocycles. The largest absolute Gasteiger partial charge is 0.281 e. The van der Waals surface area contributed by atoms with E-state index in [1.54, 1.807) is 17.6 Å². The second kappa shape index (κ2) is 5.01. The van der Waals surface area contributed by atoms with Crippen molar-refractivity contribution in [2.45, 2.75) is 18.9 Å². The van der Waals surface area contributed by atoms with Gasteiger partial charge in [0, 0.05) is 11.6 Å². The van der Waals surface area contributed by atoms with Crippen LogP contribution in [0.2, 0.25) is 5.15 Å². The topological polar surface area (TPSA) is 63.5 Å². The summed E-state index contributed by atoms with van der Waals surface area (Å²) in [6.45, 7) is 3.80. The number of nitrogens with zero attached hydrogens (tertiary/aromatic N) is 2. The van der Waals surface area contributed by atoms with Gasteiger partial charge in [-0.25, -0.2) is 4.98 Å². The van der Waals surface area contributed by atoms with E-state index in [1.807, 2.05) is 26.0 Å². The minimum absolute atomic E-state index is 0.0286. The van der Waals surface area contributed by atoms with Crippen LogP contribution < -0.4 is 4.72 Å². The van der Waals surface area contributed by atoms with E-state index in [9.17, 15) is 8.42 Å². The van der Waals surface area contributed by atoms with Gasteiger partial charge in [-0.1, -0.05) is 29.3 Å². The van der Waals surface area contributed by atoms with Crippen LogP contribution in [-0.4, -0.2) is 17.8 Å². The molecule has 0 aliphatic heterocycles. The average molecular weight is 342 g/mol. The van der Waals surface area contributed by atoms with Crippen molar-refractivity contribution in [3.63, 3.8) is 0 Å². The van der Waals surface area contributed by atoms with Crippen LogP contribution in [0, 0.1) is 13.8 Å². The molecule has 0 aliphatic rings. The van der Waals surface area contributed by atoms with Gasteiger partial charge in [-0.05, 0) is 25.5 Å². The van der Waals surface area contributed by atoms with E-state index in [4.69, 9.17) is 11.6 Å². The zero-order chi connectivity index (χ0) is 15.2. The normalized spacial score (nSPS) is 12.0. The number of rotatable bonds is 3. The fourth-order valence-corrected chi connectivity index (χ4v) is 4.69. The lowest BCUT2D eigenvalue weighted by atomic mass is 10.1. The predicted octanol–water partition coefficient (Wildman–Crippen LogP) is 3.47. The first-order valence-electron chi connectivity index (χ1n) is 6.09. The zero-order valence-electron chi connectivity index (χ0n) is 11.3. The molecular weight excluding hydrogens is 330 g/mol. The molecule has 8 heteroatoms. The molecule has 3 aromatic rings. The molecule has 0 bridgehead atoms. The van der Waals surface area contributed by atoms with E-state index in [0.29, 0.717) is 10.6 Å². The summed E-state index contributed by atoms with van der Waals surface area (Å²) in [6.07, 6.45) is 1.63. The lowest BCUT2D eigenvalue weighted by Crippen LogP contribution is -2.16. The Morgan fingerprint density at radius 1 is 1.33 bits per heavy atom. The maximum atomic E-state index is 12.6. The molecule has 0 spiro atoms. The van der Waals surface area contributed by atoms with Crippen molar-refractivity contribution in [2.75, 3.05) is 4.72 Å². The van der Waals surface area contributed by atoms with Crippen LogP contribution in [0.25, 0.3) is 4.96 Å². The van der Waals surface area contributed by atoms with Crippen molar-refractivity contribution in [3.8, 4) is 0 Å². The molecule has 110 valence electrons. The van der Waals surface area contributed by atoms with Crippen LogP contribution >= 0.6 is 22.9 Å². The van der Waals surface area contributed by atoms with E-state index in [2.05, 4.69) is 9.71 Å². The first-order valence-corrected chi connectivity index (χ1v) is 8.84. The van der Waals surface area contributed by atoms with Crippen LogP contribution in [0.3, 0.4) is 0 Å². The summed E-state index contributed by atoms with van der Waals surface area (Å²) in [7, 11) is -3.81. The van der Waals surface area contributed by atoms with Crippen molar-refractivity contribution in [1.29, 1.82) is 0 Å². The minimum atomic E-state index is -3.81. The highest BCUT2D eigenvalue weighted by molar-refractivity contribution is 7.92. The average Bonchev–Trinajstić information content (AvgIpc) is 2.91. The van der Waals surface area contributed by atoms with Gasteiger partial charge in [0.05, 0.1) is 5.69 Å². The summed E-state index contributed by atoms with van der Waals surface area (Å²) in [5, 5.41) is 1.69. The number of sulfonamides is 1. The SMILES string of the molecule is Cc1ccc(NS(=O)(=O)c2c(Cl)nc3sccn23)c(C)c1. The van der Waals surface area contributed by atoms with Gasteiger partial charge in [0.1, 0.15) is 0 Å². The molecule has 0 atom stereocenters. The van der Waals surface area contributed by atoms with Crippen LogP contribution in [-0.2, 0) is 10.0 Å². The lowest BCUT2D eigenvalue weighted by Gasteiger charge is -2.10. The second-order valence-corrected chi connectivity index (χ2v) is 7.52. The van der Waals surface area contributed by atoms with Gasteiger partial charge in [-0.2, -0.15) is 8.42 Å². The summed E-state index contributed by atoms with van der Waals surface area (Å²) >= 11 is 7.31. The number of aromatic nitrogens is 2. The monoisotopic (exact) mass is 341 g/mol. The van der Waals surface area contributed by atoms with Crippen molar-refractivity contribution in [1.82, 2.24) is 9.38 Å². The highest BCUT2D eigenvalue weighted by Crippen LogP contribution is 2.28. The molecule has 1 aromatic carbocycles. The molecule has 0 radical (unpaired) electrons. The van der Waals surface area contributed by atoms with Crippen molar-refractivity contribution in [2.24, 2.45) is 0 Å². The van der Waals surface area contributed by atoms with Crippen LogP contribution in [0.15, 0.2) is 34.8 Å². The second-order valence-electron chi connectivity index (χ2n) is 4.69. The number of halogens is 1. The molecule has 3 rings (SSSR count). The molecule has 0 saturated heterocycles. The first-order chi connectivity index (χ1) is 9.88. The Morgan fingerprint density at radius 2 is 2.10 bits per heavy atom. The van der Waals surface area contributed by atoms with Gasteiger partial charge < -0.3 is 0 Å². The van der Waals surface area contributed by atoms with E-state index < -0.39 is 10.0 Å². The Morgan fingerprint density at radius 3 is 2.81 bits per heavy atom. The molecule has 1 N–H and O–H groups in total. The summed E-state index contributed by atoms with van der Waals surface area (Å²) in [6, 6.07) is 5.50. The molecule has 5 nitrogen and oxygen atoms in total. The number of hydrogen-bond acceptors (Lipinski definition) is 4. The van der Waals surface area contributed by atoms with Gasteiger partial charge in [0.15, 0.2) is 15.1 Å². The smallest absolute Gasteiger partial charge is 0.278 e. The maximum absolute atomic E-state index is 12.6. The number of aryl methyl sites for hydroxylation is 2. The van der Waals surface area contributed by atoms with Crippen LogP contribution in [0.1, 0.15) is 11.1 Å². The number of fused-ring (bicyclic) bond motifs is 1. The van der Waals surface area contributed by atoms with Gasteiger partial charge in [-0.15, -0.1) is 11.3 Å². The lowest BCUT2D eigenvalue weighted by molar-refractivity contribution is 0.596. The van der Waals surface area contributed by atoms with E-state index in [0.717, 1.165) is 11.1 Å². The third kappa shape index (κ3) is 2.52. The first kappa shape index (κ1) is 14.4. The van der Waals surface area contributed by atoms with Crippen molar-refractivity contribution >= 4 is 43.6 Å². The Kier molecular flexibility index (Phi) is 3.43. The Bertz CT molecular complexity index is 928. The molecular formula is C13H12ClN3O2S2. The molecule has 0 aliphatic carbocycles. The molecule has 0 amide bonds. The van der Waals surface area contributed by atoms with Gasteiger partial charge in [-0.3, -0.25) is 9.12 Å². The number of anilines is 1. The highest BCUT2D eigenvalue weighted by atomic mass is 35.5. The third-order valence-corrected chi connectivity index (χ3v) is 5.58. The van der Waals surface area contributed by atoms with E-state index in [-0.39, 0.29) is 10.2 Å². The van der Waals surface area contributed by atoms with Gasteiger partial charge in [0.25, 0.3) is 10.0 Å². The van der Waals surface area contributed by atoms with Crippen molar-refractivity contribution < 1.29 is 8.42 Å². The Hall–Kier alpha value is -1.57. The fraction of sp³-hybridized carbons (Fsp3) is 0.154. The van der Waals surface area contributed by atoms with E-state index in [1.165, 1.54) is 15.7 Å². The third-order valence-electron chi connectivity index (χ3n) is 3.06. The van der Waals surface area contributed by atoms with Crippen LogP contribution in [0.4, 0.5) is 5.69 Å². The fourth-order valence-electron chi connectivity index (χ4n) is 2.10. The number of hydrogen-bond donors (Lipinski definition) is 1. The van der Waals surface area contributed by atoms with Crippen molar-refractivity contribution in [3.05, 3.63) is 46.1 Å². The minimum Gasteiger partial charge on any atom is -0.278 e. The molecule has 2 aromatic heterocycles.